The molecule has 0 aliphatic rings. The van der Waals surface area contributed by atoms with Crippen LogP contribution in [0, 0.1) is 5.82 Å². The number of carbonyl (C=O) groups excluding carboxylic acids is 1. The number of alkyl halides is 3. The molecule has 6 nitrogen and oxygen atoms in total. The smallest absolute Gasteiger partial charge is 0.419 e. The zero-order valence-corrected chi connectivity index (χ0v) is 17.8. The Morgan fingerprint density at radius 2 is 1.84 bits per heavy atom. The highest BCUT2D eigenvalue weighted by Crippen LogP contribution is 2.33. The van der Waals surface area contributed by atoms with Crippen molar-refractivity contribution in [1.82, 2.24) is 9.38 Å². The van der Waals surface area contributed by atoms with E-state index in [0.29, 0.717) is 23.2 Å². The van der Waals surface area contributed by atoms with Crippen molar-refractivity contribution in [3.05, 3.63) is 59.8 Å². The molecule has 1 amide bonds. The summed E-state index contributed by atoms with van der Waals surface area (Å²) in [6, 6.07) is 5.50. The number of carbonyl (C=O) groups is 1. The van der Waals surface area contributed by atoms with Crippen LogP contribution in [0.1, 0.15) is 43.7 Å². The molecule has 11 heteroatoms. The first kappa shape index (κ1) is 23.7. The molecular formula is C21H21BF4N3O3. The van der Waals surface area contributed by atoms with Gasteiger partial charge in [0, 0.05) is 11.9 Å². The molecule has 3 rings (SSSR count). The maximum absolute atomic E-state index is 13.5. The van der Waals surface area contributed by atoms with Crippen LogP contribution in [0.4, 0.5) is 23.2 Å². The van der Waals surface area contributed by atoms with Gasteiger partial charge in [0.25, 0.3) is 5.91 Å². The highest BCUT2D eigenvalue weighted by atomic mass is 19.4. The lowest BCUT2D eigenvalue weighted by molar-refractivity contribution is -0.139. The molecule has 1 aromatic carbocycles. The van der Waals surface area contributed by atoms with Crippen molar-refractivity contribution in [1.29, 1.82) is 0 Å². The molecule has 0 atom stereocenters. The van der Waals surface area contributed by atoms with Crippen LogP contribution in [0.25, 0.3) is 5.65 Å². The van der Waals surface area contributed by atoms with Crippen molar-refractivity contribution in [2.24, 2.45) is 0 Å². The van der Waals surface area contributed by atoms with Crippen molar-refractivity contribution < 1.29 is 32.1 Å². The first-order chi connectivity index (χ1) is 14.7. The topological polar surface area (TPSA) is 75.9 Å². The Bertz CT molecular complexity index is 1150. The highest BCUT2D eigenvalue weighted by Gasteiger charge is 2.36. The Labute approximate surface area is 182 Å². The summed E-state index contributed by atoms with van der Waals surface area (Å²) in [5.74, 6) is -2.14. The van der Waals surface area contributed by atoms with Gasteiger partial charge in [-0.1, -0.05) is 0 Å². The molecule has 2 heterocycles. The molecule has 1 radical (unpaired) electrons. The predicted molar refractivity (Wildman–Crippen MR) is 111 cm³/mol. The van der Waals surface area contributed by atoms with Gasteiger partial charge in [0.15, 0.2) is 0 Å². The third-order valence-corrected chi connectivity index (χ3v) is 5.26. The van der Waals surface area contributed by atoms with Gasteiger partial charge in [-0.05, 0) is 63.5 Å². The number of benzene rings is 1. The summed E-state index contributed by atoms with van der Waals surface area (Å²) in [7, 11) is 1.46. The Morgan fingerprint density at radius 3 is 2.47 bits per heavy atom. The van der Waals surface area contributed by atoms with Gasteiger partial charge in [-0.25, -0.2) is 9.37 Å². The summed E-state index contributed by atoms with van der Waals surface area (Å²) in [6.07, 6.45) is -2.07. The number of hydrogen-bond acceptors (Lipinski definition) is 4. The number of pyridine rings is 1. The molecule has 2 N–H and O–H groups in total. The molecule has 169 valence electrons. The second kappa shape index (κ2) is 8.21. The number of halogens is 4. The van der Waals surface area contributed by atoms with Crippen molar-refractivity contribution in [2.45, 2.75) is 45.1 Å². The summed E-state index contributed by atoms with van der Waals surface area (Å²) in [5.41, 5.74) is -2.55. The monoisotopic (exact) mass is 450 g/mol. The fourth-order valence-corrected chi connectivity index (χ4v) is 2.61. The van der Waals surface area contributed by atoms with Crippen LogP contribution >= 0.6 is 0 Å². The van der Waals surface area contributed by atoms with E-state index in [4.69, 9.17) is 4.65 Å². The fraction of sp³-hybridized carbons (Fsp3) is 0.333. The first-order valence-corrected chi connectivity index (χ1v) is 9.58. The van der Waals surface area contributed by atoms with E-state index in [2.05, 4.69) is 10.3 Å². The number of nitrogens with one attached hydrogen (secondary N) is 1. The van der Waals surface area contributed by atoms with Crippen LogP contribution < -0.4 is 10.8 Å². The minimum atomic E-state index is -4.89. The van der Waals surface area contributed by atoms with E-state index < -0.39 is 34.7 Å². The molecule has 3 aromatic rings. The number of fused-ring (bicyclic) bond motifs is 1. The molecule has 0 unspecified atom stereocenters. The second-order valence-corrected chi connectivity index (χ2v) is 8.28. The molecule has 0 bridgehead atoms. The summed E-state index contributed by atoms with van der Waals surface area (Å²) in [5, 5.41) is 12.5. The summed E-state index contributed by atoms with van der Waals surface area (Å²) in [6.45, 7) is 6.73. The van der Waals surface area contributed by atoms with Gasteiger partial charge in [-0.2, -0.15) is 13.2 Å². The Morgan fingerprint density at radius 1 is 1.16 bits per heavy atom. The van der Waals surface area contributed by atoms with Crippen LogP contribution in [0.15, 0.2) is 42.7 Å². The van der Waals surface area contributed by atoms with E-state index in [9.17, 15) is 27.5 Å². The number of rotatable bonds is 6. The highest BCUT2D eigenvalue weighted by molar-refractivity contribution is 6.47. The minimum absolute atomic E-state index is 0.0715. The van der Waals surface area contributed by atoms with Crippen molar-refractivity contribution in [2.75, 3.05) is 5.32 Å². The number of aromatic nitrogens is 2. The van der Waals surface area contributed by atoms with Crippen LogP contribution in [0.3, 0.4) is 0 Å². The Balaban J connectivity index is 1.78. The number of anilines is 1. The zero-order valence-electron chi connectivity index (χ0n) is 17.8. The van der Waals surface area contributed by atoms with Gasteiger partial charge in [0.1, 0.15) is 17.2 Å². The lowest BCUT2D eigenvalue weighted by Gasteiger charge is -2.37. The van der Waals surface area contributed by atoms with E-state index in [-0.39, 0.29) is 11.4 Å². The summed E-state index contributed by atoms with van der Waals surface area (Å²) < 4.78 is 59.3. The summed E-state index contributed by atoms with van der Waals surface area (Å²) >= 11 is 0. The van der Waals surface area contributed by atoms with E-state index >= 15 is 0 Å². The zero-order chi connectivity index (χ0) is 23.9. The maximum atomic E-state index is 13.5. The molecule has 0 saturated carbocycles. The van der Waals surface area contributed by atoms with Gasteiger partial charge < -0.3 is 15.1 Å². The molecule has 2 aromatic heterocycles. The third kappa shape index (κ3) is 4.94. The third-order valence-electron chi connectivity index (χ3n) is 5.26. The molecule has 32 heavy (non-hydrogen) atoms. The predicted octanol–water partition coefficient (Wildman–Crippen LogP) is 3.56. The van der Waals surface area contributed by atoms with E-state index in [1.807, 2.05) is 0 Å². The molecule has 0 spiro atoms. The fourth-order valence-electron chi connectivity index (χ4n) is 2.61. The Hall–Kier alpha value is -2.92. The average molecular weight is 450 g/mol. The van der Waals surface area contributed by atoms with Gasteiger partial charge >= 0.3 is 13.7 Å². The van der Waals surface area contributed by atoms with E-state index in [0.717, 1.165) is 6.07 Å². The molecular weight excluding hydrogens is 429 g/mol. The maximum Gasteiger partial charge on any atom is 0.419 e. The molecule has 0 aliphatic heterocycles. The van der Waals surface area contributed by atoms with Crippen molar-refractivity contribution in [3.63, 3.8) is 0 Å². The second-order valence-electron chi connectivity index (χ2n) is 8.28. The minimum Gasteiger partial charge on any atom is -0.427 e. The van der Waals surface area contributed by atoms with Gasteiger partial charge in [-0.3, -0.25) is 9.20 Å². The average Bonchev–Trinajstić information content (AvgIpc) is 3.09. The SMILES string of the molecule is CC(C)(O)C(C)(C)O[B]c1ccn2c(C(=O)Nc3ccc(F)c(C(F)(F)F)c3)cnc2c1. The Kier molecular flexibility index (Phi) is 6.09. The van der Waals surface area contributed by atoms with E-state index in [1.54, 1.807) is 46.0 Å². The van der Waals surface area contributed by atoms with Crippen LogP contribution in [0.5, 0.6) is 0 Å². The van der Waals surface area contributed by atoms with Crippen molar-refractivity contribution >= 4 is 30.2 Å². The molecule has 0 fully saturated rings. The van der Waals surface area contributed by atoms with Crippen LogP contribution in [-0.4, -0.2) is 39.1 Å². The van der Waals surface area contributed by atoms with E-state index in [1.165, 1.54) is 18.1 Å². The lowest BCUT2D eigenvalue weighted by atomic mass is 9.83. The van der Waals surface area contributed by atoms with Crippen LogP contribution in [0.2, 0.25) is 0 Å². The quantitative estimate of drug-likeness (QED) is 0.445. The number of hydrogen-bond donors (Lipinski definition) is 2. The van der Waals surface area contributed by atoms with Gasteiger partial charge in [-0.15, -0.1) is 0 Å². The standard InChI is InChI=1S/C21H21BF4N3O3/c1-19(2,31)20(3,4)32-22-12-7-8-29-16(11-27-17(29)9-12)18(30)28-13-5-6-15(23)14(10-13)21(24,25)26/h5-11,31H,1-4H3,(H,28,30). The first-order valence-electron chi connectivity index (χ1n) is 9.58. The molecule has 0 saturated heterocycles. The number of aliphatic hydroxyl groups is 1. The van der Waals surface area contributed by atoms with Gasteiger partial charge in [0.2, 0.25) is 0 Å². The summed E-state index contributed by atoms with van der Waals surface area (Å²) in [4.78, 5) is 16.7. The number of nitrogens with zero attached hydrogens (tertiary/aromatic N) is 2. The number of imidazole rings is 1. The van der Waals surface area contributed by atoms with Gasteiger partial charge in [0.05, 0.1) is 23.0 Å². The van der Waals surface area contributed by atoms with Crippen LogP contribution in [-0.2, 0) is 10.8 Å². The largest absolute Gasteiger partial charge is 0.427 e. The van der Waals surface area contributed by atoms with Crippen molar-refractivity contribution in [3.8, 4) is 0 Å². The lowest BCUT2D eigenvalue weighted by Crippen LogP contribution is -2.49. The normalized spacial score (nSPS) is 12.8. The molecule has 0 aliphatic carbocycles. The number of amides is 1.